The van der Waals surface area contributed by atoms with Crippen LogP contribution in [0.1, 0.15) is 25.8 Å². The number of carbonyl (C=O) groups excluding carboxylic acids is 1. The summed E-state index contributed by atoms with van der Waals surface area (Å²) >= 11 is 0. The number of hydrogen-bond donors (Lipinski definition) is 1. The summed E-state index contributed by atoms with van der Waals surface area (Å²) in [6.07, 6.45) is -5.81. The lowest BCUT2D eigenvalue weighted by Gasteiger charge is -2.15. The molecule has 0 aliphatic heterocycles. The Morgan fingerprint density at radius 2 is 1.42 bits per heavy atom. The van der Waals surface area contributed by atoms with Crippen molar-refractivity contribution in [2.24, 2.45) is 0 Å². The Morgan fingerprint density at radius 1 is 0.962 bits per heavy atom. The van der Waals surface area contributed by atoms with Crippen LogP contribution in [0.25, 0.3) is 0 Å². The molecule has 2 atom stereocenters. The molecule has 0 radical (unpaired) electrons. The monoisotopic (exact) mass is 368 g/mol. The lowest BCUT2D eigenvalue weighted by atomic mass is 10.1. The lowest BCUT2D eigenvalue weighted by molar-refractivity contribution is -0.137. The van der Waals surface area contributed by atoms with Gasteiger partial charge in [0.15, 0.2) is 11.9 Å². The van der Waals surface area contributed by atoms with Gasteiger partial charge in [-0.15, -0.1) is 0 Å². The standard InChI is InChI=1S/C19H19F3O4/c1-12(23)11-18(24)13(2)25-15-7-9-17(10-8-15)26-16-5-3-14(4-6-16)19(20,21)22/h3-10,12-13,23H,11H2,1-2H3. The number of aliphatic hydroxyl groups is 1. The Hall–Kier alpha value is -2.54. The van der Waals surface area contributed by atoms with Crippen LogP contribution in [0.15, 0.2) is 48.5 Å². The molecule has 7 heteroatoms. The normalized spacial score (nSPS) is 13.8. The van der Waals surface area contributed by atoms with Gasteiger partial charge in [-0.25, -0.2) is 0 Å². The average molecular weight is 368 g/mol. The molecule has 0 aliphatic rings. The van der Waals surface area contributed by atoms with E-state index in [2.05, 4.69) is 0 Å². The van der Waals surface area contributed by atoms with Gasteiger partial charge < -0.3 is 14.6 Å². The Bertz CT molecular complexity index is 722. The Morgan fingerprint density at radius 3 is 1.88 bits per heavy atom. The zero-order chi connectivity index (χ0) is 19.3. The molecule has 2 unspecified atom stereocenters. The summed E-state index contributed by atoms with van der Waals surface area (Å²) in [6.45, 7) is 3.12. The molecule has 0 heterocycles. The molecule has 1 N–H and O–H groups in total. The third-order valence-electron chi connectivity index (χ3n) is 3.50. The van der Waals surface area contributed by atoms with Crippen LogP contribution in [0.5, 0.6) is 17.2 Å². The van der Waals surface area contributed by atoms with E-state index in [1.165, 1.54) is 19.1 Å². The first-order valence-corrected chi connectivity index (χ1v) is 7.98. The summed E-state index contributed by atoms with van der Waals surface area (Å²) in [7, 11) is 0. The van der Waals surface area contributed by atoms with Crippen molar-refractivity contribution in [3.63, 3.8) is 0 Å². The molecule has 4 nitrogen and oxygen atoms in total. The molecule has 26 heavy (non-hydrogen) atoms. The molecule has 0 bridgehead atoms. The van der Waals surface area contributed by atoms with Crippen LogP contribution in [-0.2, 0) is 11.0 Å². The van der Waals surface area contributed by atoms with Crippen molar-refractivity contribution in [1.29, 1.82) is 0 Å². The van der Waals surface area contributed by atoms with Crippen LogP contribution in [0.3, 0.4) is 0 Å². The second-order valence-electron chi connectivity index (χ2n) is 5.88. The molecule has 140 valence electrons. The number of hydrogen-bond acceptors (Lipinski definition) is 4. The van der Waals surface area contributed by atoms with Gasteiger partial charge >= 0.3 is 6.18 Å². The summed E-state index contributed by atoms with van der Waals surface area (Å²) in [4.78, 5) is 11.8. The second-order valence-corrected chi connectivity index (χ2v) is 5.88. The average Bonchev–Trinajstić information content (AvgIpc) is 2.55. The number of ketones is 1. The van der Waals surface area contributed by atoms with Crippen molar-refractivity contribution in [3.8, 4) is 17.2 Å². The fourth-order valence-corrected chi connectivity index (χ4v) is 2.16. The van der Waals surface area contributed by atoms with Crippen LogP contribution < -0.4 is 9.47 Å². The number of rotatable bonds is 7. The first-order valence-electron chi connectivity index (χ1n) is 7.98. The molecule has 2 aromatic rings. The molecule has 0 spiro atoms. The molecular weight excluding hydrogens is 349 g/mol. The summed E-state index contributed by atoms with van der Waals surface area (Å²) in [5, 5.41) is 9.22. The van der Waals surface area contributed by atoms with Gasteiger partial charge in [0.05, 0.1) is 11.7 Å². The molecule has 0 saturated carbocycles. The molecule has 0 amide bonds. The molecule has 2 rings (SSSR count). The Balaban J connectivity index is 1.96. The van der Waals surface area contributed by atoms with Gasteiger partial charge in [0.2, 0.25) is 0 Å². The second kappa shape index (κ2) is 8.23. The fourth-order valence-electron chi connectivity index (χ4n) is 2.16. The number of aliphatic hydroxyl groups excluding tert-OH is 1. The van der Waals surface area contributed by atoms with Crippen molar-refractivity contribution >= 4 is 5.78 Å². The minimum Gasteiger partial charge on any atom is -0.483 e. The van der Waals surface area contributed by atoms with Crippen molar-refractivity contribution < 1.29 is 32.5 Å². The summed E-state index contributed by atoms with van der Waals surface area (Å²) in [5.74, 6) is 0.911. The predicted octanol–water partition coefficient (Wildman–Crippen LogP) is 4.61. The van der Waals surface area contributed by atoms with Gasteiger partial charge in [0.1, 0.15) is 17.2 Å². The summed E-state index contributed by atoms with van der Waals surface area (Å²) < 4.78 is 48.6. The van der Waals surface area contributed by atoms with Crippen molar-refractivity contribution in [3.05, 3.63) is 54.1 Å². The quantitative estimate of drug-likeness (QED) is 0.776. The van der Waals surface area contributed by atoms with Crippen LogP contribution in [0.2, 0.25) is 0 Å². The van der Waals surface area contributed by atoms with Gasteiger partial charge in [-0.1, -0.05) is 0 Å². The number of benzene rings is 2. The van der Waals surface area contributed by atoms with Crippen molar-refractivity contribution in [2.75, 3.05) is 0 Å². The van der Waals surface area contributed by atoms with Crippen LogP contribution in [-0.4, -0.2) is 23.1 Å². The van der Waals surface area contributed by atoms with E-state index < -0.39 is 23.9 Å². The molecule has 2 aromatic carbocycles. The highest BCUT2D eigenvalue weighted by Crippen LogP contribution is 2.31. The highest BCUT2D eigenvalue weighted by Gasteiger charge is 2.30. The minimum absolute atomic E-state index is 0.0102. The maximum Gasteiger partial charge on any atom is 0.416 e. The van der Waals surface area contributed by atoms with Crippen LogP contribution in [0.4, 0.5) is 13.2 Å². The van der Waals surface area contributed by atoms with Gasteiger partial charge in [0, 0.05) is 6.42 Å². The highest BCUT2D eigenvalue weighted by atomic mass is 19.4. The van der Waals surface area contributed by atoms with E-state index in [0.29, 0.717) is 11.5 Å². The van der Waals surface area contributed by atoms with E-state index in [4.69, 9.17) is 9.47 Å². The van der Waals surface area contributed by atoms with Crippen LogP contribution in [0, 0.1) is 0 Å². The number of carbonyl (C=O) groups is 1. The highest BCUT2D eigenvalue weighted by molar-refractivity contribution is 5.83. The number of halogens is 3. The SMILES string of the molecule is CC(O)CC(=O)C(C)Oc1ccc(Oc2ccc(C(F)(F)F)cc2)cc1. The lowest BCUT2D eigenvalue weighted by Crippen LogP contribution is -2.26. The van der Waals surface area contributed by atoms with Crippen molar-refractivity contribution in [2.45, 2.75) is 38.7 Å². The largest absolute Gasteiger partial charge is 0.483 e. The molecule has 0 aromatic heterocycles. The van der Waals surface area contributed by atoms with E-state index >= 15 is 0 Å². The smallest absolute Gasteiger partial charge is 0.416 e. The van der Waals surface area contributed by atoms with E-state index in [0.717, 1.165) is 12.1 Å². The predicted molar refractivity (Wildman–Crippen MR) is 89.4 cm³/mol. The zero-order valence-corrected chi connectivity index (χ0v) is 14.3. The van der Waals surface area contributed by atoms with Gasteiger partial charge in [-0.3, -0.25) is 4.79 Å². The minimum atomic E-state index is -4.39. The summed E-state index contributed by atoms with van der Waals surface area (Å²) in [6, 6.07) is 10.7. The van der Waals surface area contributed by atoms with E-state index in [1.807, 2.05) is 0 Å². The maximum atomic E-state index is 12.5. The number of alkyl halides is 3. The van der Waals surface area contributed by atoms with Crippen molar-refractivity contribution in [1.82, 2.24) is 0 Å². The number of Topliss-reactive ketones (excluding diaryl/α,β-unsaturated/α-hetero) is 1. The molecule has 0 fully saturated rings. The zero-order valence-electron chi connectivity index (χ0n) is 14.3. The van der Waals surface area contributed by atoms with Crippen LogP contribution >= 0.6 is 0 Å². The number of ether oxygens (including phenoxy) is 2. The summed E-state index contributed by atoms with van der Waals surface area (Å²) in [5.41, 5.74) is -0.746. The topological polar surface area (TPSA) is 55.8 Å². The molecular formula is C19H19F3O4. The Labute approximate surface area is 149 Å². The van der Waals surface area contributed by atoms with Gasteiger partial charge in [-0.2, -0.15) is 13.2 Å². The molecule has 0 saturated heterocycles. The third kappa shape index (κ3) is 5.77. The van der Waals surface area contributed by atoms with E-state index in [9.17, 15) is 23.1 Å². The van der Waals surface area contributed by atoms with E-state index in [-0.39, 0.29) is 18.0 Å². The third-order valence-corrected chi connectivity index (χ3v) is 3.50. The first-order chi connectivity index (χ1) is 12.1. The van der Waals surface area contributed by atoms with Gasteiger partial charge in [0.25, 0.3) is 0 Å². The fraction of sp³-hybridized carbons (Fsp3) is 0.316. The van der Waals surface area contributed by atoms with E-state index in [1.54, 1.807) is 31.2 Å². The van der Waals surface area contributed by atoms with Gasteiger partial charge in [-0.05, 0) is 62.4 Å². The maximum absolute atomic E-state index is 12.5. The first kappa shape index (κ1) is 19.8. The molecule has 0 aliphatic carbocycles. The Kier molecular flexibility index (Phi) is 6.26.